The third-order valence-corrected chi connectivity index (χ3v) is 6.86. The van der Waals surface area contributed by atoms with Gasteiger partial charge >= 0.3 is 0 Å². The van der Waals surface area contributed by atoms with Crippen molar-refractivity contribution in [2.75, 3.05) is 19.1 Å². The number of para-hydroxylation sites is 1. The molecule has 2 heterocycles. The van der Waals surface area contributed by atoms with Gasteiger partial charge < -0.3 is 9.47 Å². The highest BCUT2D eigenvalue weighted by Crippen LogP contribution is 2.40. The lowest BCUT2D eigenvalue weighted by molar-refractivity contribution is -0.385. The Labute approximate surface area is 209 Å². The number of anilines is 1. The molecule has 1 amide bonds. The number of hydrogen-bond donors (Lipinski definition) is 0. The van der Waals surface area contributed by atoms with E-state index >= 15 is 0 Å². The van der Waals surface area contributed by atoms with E-state index < -0.39 is 16.4 Å². The molecule has 1 aliphatic rings. The van der Waals surface area contributed by atoms with Gasteiger partial charge in [-0.2, -0.15) is 0 Å². The SMILES string of the molecule is COc1cc(/C=C2/SC(=S)N(c3c(C)n(C)n(-c4ccccc4)c3=O)C2=O)c([N+](=O)[O-])cc1OC. The van der Waals surface area contributed by atoms with Crippen molar-refractivity contribution in [1.29, 1.82) is 0 Å². The second-order valence-corrected chi connectivity index (χ2v) is 9.13. The topological polar surface area (TPSA) is 109 Å². The van der Waals surface area contributed by atoms with Crippen molar-refractivity contribution in [3.05, 3.63) is 79.1 Å². The summed E-state index contributed by atoms with van der Waals surface area (Å²) in [4.78, 5) is 39.2. The molecule has 2 aromatic carbocycles. The van der Waals surface area contributed by atoms with Crippen molar-refractivity contribution < 1.29 is 19.2 Å². The molecule has 10 nitrogen and oxygen atoms in total. The lowest BCUT2D eigenvalue weighted by atomic mass is 10.1. The molecule has 0 spiro atoms. The summed E-state index contributed by atoms with van der Waals surface area (Å²) in [6.07, 6.45) is 1.37. The molecule has 0 unspecified atom stereocenters. The van der Waals surface area contributed by atoms with Crippen molar-refractivity contribution in [2.45, 2.75) is 6.92 Å². The van der Waals surface area contributed by atoms with Gasteiger partial charge in [0.2, 0.25) is 0 Å². The number of amides is 1. The molecule has 3 aromatic rings. The Balaban J connectivity index is 1.81. The van der Waals surface area contributed by atoms with E-state index in [1.54, 1.807) is 30.8 Å². The van der Waals surface area contributed by atoms with Crippen LogP contribution in [-0.2, 0) is 11.8 Å². The molecule has 1 saturated heterocycles. The largest absolute Gasteiger partial charge is 0.493 e. The van der Waals surface area contributed by atoms with Crippen LogP contribution < -0.4 is 19.9 Å². The molecule has 0 N–H and O–H groups in total. The summed E-state index contributed by atoms with van der Waals surface area (Å²) in [5.74, 6) is -0.0927. The zero-order valence-corrected chi connectivity index (χ0v) is 20.8. The van der Waals surface area contributed by atoms with Crippen molar-refractivity contribution >= 4 is 51.7 Å². The number of thiocarbonyl (C=S) groups is 1. The van der Waals surface area contributed by atoms with Crippen molar-refractivity contribution in [1.82, 2.24) is 9.36 Å². The third kappa shape index (κ3) is 4.10. The van der Waals surface area contributed by atoms with Gasteiger partial charge in [-0.15, -0.1) is 0 Å². The number of nitro benzene ring substituents is 1. The Morgan fingerprint density at radius 1 is 1.09 bits per heavy atom. The number of thioether (sulfide) groups is 1. The number of carbonyl (C=O) groups excluding carboxylic acids is 1. The second kappa shape index (κ2) is 9.39. The van der Waals surface area contributed by atoms with E-state index in [4.69, 9.17) is 21.7 Å². The minimum absolute atomic E-state index is 0.129. The highest BCUT2D eigenvalue weighted by Gasteiger charge is 2.38. The number of carbonyl (C=O) groups is 1. The Morgan fingerprint density at radius 2 is 1.71 bits per heavy atom. The first kappa shape index (κ1) is 24.2. The molecule has 1 aromatic heterocycles. The monoisotopic (exact) mass is 512 g/mol. The number of hydrogen-bond acceptors (Lipinski definition) is 8. The number of rotatable bonds is 6. The standard InChI is InChI=1S/C23H20N4O6S2/c1-13-20(22(29)26(24(13)2)15-8-6-5-7-9-15)25-21(28)19(35-23(25)34)11-14-10-17(32-3)18(33-4)12-16(14)27(30)31/h5-12H,1-4H3/b19-11+. The summed E-state index contributed by atoms with van der Waals surface area (Å²) in [5, 5.41) is 11.7. The van der Waals surface area contributed by atoms with Gasteiger partial charge in [-0.05, 0) is 31.2 Å². The third-order valence-electron chi connectivity index (χ3n) is 5.56. The van der Waals surface area contributed by atoms with Gasteiger partial charge in [-0.3, -0.25) is 29.3 Å². The second-order valence-electron chi connectivity index (χ2n) is 7.45. The smallest absolute Gasteiger partial charge is 0.296 e. The first-order valence-corrected chi connectivity index (χ1v) is 11.4. The molecule has 12 heteroatoms. The molecule has 0 bridgehead atoms. The van der Waals surface area contributed by atoms with E-state index in [9.17, 15) is 19.7 Å². The average molecular weight is 513 g/mol. The average Bonchev–Trinajstić information content (AvgIpc) is 3.23. The van der Waals surface area contributed by atoms with E-state index in [1.165, 1.54) is 42.0 Å². The van der Waals surface area contributed by atoms with Crippen LogP contribution in [0.4, 0.5) is 11.4 Å². The zero-order chi connectivity index (χ0) is 25.4. The van der Waals surface area contributed by atoms with Crippen LogP contribution in [-0.4, -0.2) is 38.7 Å². The zero-order valence-electron chi connectivity index (χ0n) is 19.2. The Kier molecular flexibility index (Phi) is 6.50. The van der Waals surface area contributed by atoms with E-state index in [1.807, 2.05) is 18.2 Å². The fraction of sp³-hybridized carbons (Fsp3) is 0.174. The Hall–Kier alpha value is -3.90. The number of benzene rings is 2. The van der Waals surface area contributed by atoms with E-state index in [0.717, 1.165) is 11.8 Å². The van der Waals surface area contributed by atoms with Gasteiger partial charge in [-0.25, -0.2) is 4.68 Å². The molecular weight excluding hydrogens is 492 g/mol. The molecule has 0 saturated carbocycles. The summed E-state index contributed by atoms with van der Waals surface area (Å²) in [5.41, 5.74) is 0.759. The maximum absolute atomic E-state index is 13.4. The number of ether oxygens (including phenoxy) is 2. The van der Waals surface area contributed by atoms with Gasteiger partial charge in [0, 0.05) is 7.05 Å². The van der Waals surface area contributed by atoms with Crippen molar-refractivity contribution in [3.63, 3.8) is 0 Å². The molecule has 0 atom stereocenters. The van der Waals surface area contributed by atoms with Crippen LogP contribution in [0.2, 0.25) is 0 Å². The van der Waals surface area contributed by atoms with Gasteiger partial charge in [0.05, 0.1) is 47.1 Å². The molecule has 1 fully saturated rings. The minimum Gasteiger partial charge on any atom is -0.493 e. The molecule has 0 aliphatic carbocycles. The van der Waals surface area contributed by atoms with Crippen LogP contribution in [0.25, 0.3) is 11.8 Å². The van der Waals surface area contributed by atoms with Gasteiger partial charge in [-0.1, -0.05) is 42.2 Å². The Bertz CT molecular complexity index is 1460. The summed E-state index contributed by atoms with van der Waals surface area (Å²) < 4.78 is 13.6. The minimum atomic E-state index is -0.575. The first-order chi connectivity index (χ1) is 16.7. The molecule has 0 radical (unpaired) electrons. The molecule has 4 rings (SSSR count). The van der Waals surface area contributed by atoms with E-state index in [0.29, 0.717) is 11.4 Å². The van der Waals surface area contributed by atoms with Crippen LogP contribution >= 0.6 is 24.0 Å². The van der Waals surface area contributed by atoms with Crippen molar-refractivity contribution in [2.24, 2.45) is 7.05 Å². The lowest BCUT2D eigenvalue weighted by Gasteiger charge is -2.12. The fourth-order valence-electron chi connectivity index (χ4n) is 3.77. The molecular formula is C23H20N4O6S2. The van der Waals surface area contributed by atoms with Crippen LogP contribution in [0.15, 0.2) is 52.2 Å². The summed E-state index contributed by atoms with van der Waals surface area (Å²) in [7, 11) is 4.49. The van der Waals surface area contributed by atoms with E-state index in [-0.39, 0.29) is 37.7 Å². The number of nitro groups is 1. The summed E-state index contributed by atoms with van der Waals surface area (Å²) >= 11 is 6.41. The highest BCUT2D eigenvalue weighted by atomic mass is 32.2. The quantitative estimate of drug-likeness (QED) is 0.212. The lowest BCUT2D eigenvalue weighted by Crippen LogP contribution is -2.33. The summed E-state index contributed by atoms with van der Waals surface area (Å²) in [6, 6.07) is 11.7. The van der Waals surface area contributed by atoms with Crippen LogP contribution in [0.5, 0.6) is 11.5 Å². The summed E-state index contributed by atoms with van der Waals surface area (Å²) in [6.45, 7) is 1.72. The Morgan fingerprint density at radius 3 is 2.31 bits per heavy atom. The first-order valence-electron chi connectivity index (χ1n) is 10.2. The maximum atomic E-state index is 13.4. The number of nitrogens with zero attached hydrogens (tertiary/aromatic N) is 4. The normalized spacial score (nSPS) is 14.6. The van der Waals surface area contributed by atoms with Gasteiger partial charge in [0.1, 0.15) is 5.69 Å². The predicted octanol–water partition coefficient (Wildman–Crippen LogP) is 3.82. The molecule has 1 aliphatic heterocycles. The van der Waals surface area contributed by atoms with Gasteiger partial charge in [0.15, 0.2) is 15.8 Å². The van der Waals surface area contributed by atoms with Crippen LogP contribution in [0, 0.1) is 17.0 Å². The molecule has 180 valence electrons. The van der Waals surface area contributed by atoms with Gasteiger partial charge in [0.25, 0.3) is 17.2 Å². The van der Waals surface area contributed by atoms with Crippen LogP contribution in [0.3, 0.4) is 0 Å². The fourth-order valence-corrected chi connectivity index (χ4v) is 5.03. The predicted molar refractivity (Wildman–Crippen MR) is 138 cm³/mol. The maximum Gasteiger partial charge on any atom is 0.296 e. The van der Waals surface area contributed by atoms with Crippen molar-refractivity contribution in [3.8, 4) is 17.2 Å². The number of methoxy groups -OCH3 is 2. The van der Waals surface area contributed by atoms with Crippen LogP contribution in [0.1, 0.15) is 11.3 Å². The highest BCUT2D eigenvalue weighted by molar-refractivity contribution is 8.27. The number of aromatic nitrogens is 2. The molecule has 35 heavy (non-hydrogen) atoms. The van der Waals surface area contributed by atoms with E-state index in [2.05, 4.69) is 0 Å².